The van der Waals surface area contributed by atoms with E-state index in [9.17, 15) is 9.59 Å². The van der Waals surface area contributed by atoms with E-state index in [1.165, 1.54) is 0 Å². The van der Waals surface area contributed by atoms with Crippen LogP contribution in [-0.2, 0) is 14.2 Å². The third kappa shape index (κ3) is 4.87. The number of benzene rings is 2. The van der Waals surface area contributed by atoms with Gasteiger partial charge < -0.3 is 34.6 Å². The van der Waals surface area contributed by atoms with Crippen molar-refractivity contribution >= 4 is 35.3 Å². The van der Waals surface area contributed by atoms with Crippen molar-refractivity contribution in [3.63, 3.8) is 0 Å². The molecule has 12 nitrogen and oxygen atoms in total. The Labute approximate surface area is 260 Å². The van der Waals surface area contributed by atoms with E-state index in [-0.39, 0.29) is 42.3 Å². The summed E-state index contributed by atoms with van der Waals surface area (Å²) >= 11 is 0. The van der Waals surface area contributed by atoms with Crippen LogP contribution in [-0.4, -0.2) is 77.5 Å². The van der Waals surface area contributed by atoms with Gasteiger partial charge in [0.25, 0.3) is 0 Å². The third-order valence-corrected chi connectivity index (χ3v) is 10.1. The van der Waals surface area contributed by atoms with Crippen LogP contribution in [0.4, 0.5) is 28.1 Å². The molecule has 4 saturated heterocycles. The maximum Gasteiger partial charge on any atom is 0.339 e. The first-order chi connectivity index (χ1) is 22.1. The first-order valence-electron chi connectivity index (χ1n) is 16.1. The molecule has 45 heavy (non-hydrogen) atoms. The van der Waals surface area contributed by atoms with Crippen molar-refractivity contribution in [1.82, 2.24) is 15.0 Å². The second-order valence-electron chi connectivity index (χ2n) is 13.0. The maximum absolute atomic E-state index is 12.9. The molecule has 6 heterocycles. The monoisotopic (exact) mass is 609 g/mol. The summed E-state index contributed by atoms with van der Waals surface area (Å²) in [4.78, 5) is 44.9. The predicted molar refractivity (Wildman–Crippen MR) is 165 cm³/mol. The van der Waals surface area contributed by atoms with E-state index < -0.39 is 0 Å². The lowest BCUT2D eigenvalue weighted by atomic mass is 10.0. The molecule has 2 amide bonds. The molecule has 5 atom stereocenters. The van der Waals surface area contributed by atoms with Crippen LogP contribution in [0.25, 0.3) is 11.4 Å². The van der Waals surface area contributed by atoms with E-state index in [0.29, 0.717) is 67.0 Å². The largest absolute Gasteiger partial charge is 0.454 e. The van der Waals surface area contributed by atoms with Gasteiger partial charge in [-0.1, -0.05) is 0 Å². The molecule has 4 bridgehead atoms. The summed E-state index contributed by atoms with van der Waals surface area (Å²) in [5.74, 6) is 2.13. The van der Waals surface area contributed by atoms with Crippen molar-refractivity contribution in [3.05, 3.63) is 53.6 Å². The Morgan fingerprint density at radius 1 is 0.711 bits per heavy atom. The Bertz CT molecular complexity index is 1580. The van der Waals surface area contributed by atoms with Gasteiger partial charge in [0.05, 0.1) is 56.2 Å². The highest BCUT2D eigenvalue weighted by Crippen LogP contribution is 2.48. The lowest BCUT2D eigenvalue weighted by Crippen LogP contribution is -2.48. The summed E-state index contributed by atoms with van der Waals surface area (Å²) in [6, 6.07) is 13.6. The Kier molecular flexibility index (Phi) is 6.41. The zero-order chi connectivity index (χ0) is 30.1. The van der Waals surface area contributed by atoms with Gasteiger partial charge in [-0.2, -0.15) is 15.0 Å². The number of carbonyl (C=O) groups excluding carboxylic acids is 2. The Hall–Kier alpha value is -4.29. The van der Waals surface area contributed by atoms with Gasteiger partial charge in [0.15, 0.2) is 5.82 Å². The Morgan fingerprint density at radius 3 is 1.84 bits per heavy atom. The number of urea groups is 1. The van der Waals surface area contributed by atoms with E-state index in [1.807, 2.05) is 30.3 Å². The second-order valence-corrected chi connectivity index (χ2v) is 13.0. The molecule has 0 radical (unpaired) electrons. The number of amides is 2. The molecule has 9 rings (SSSR count). The number of hydrogen-bond acceptors (Lipinski definition) is 10. The van der Waals surface area contributed by atoms with Gasteiger partial charge in [0.2, 0.25) is 11.9 Å². The smallest absolute Gasteiger partial charge is 0.339 e. The summed E-state index contributed by atoms with van der Waals surface area (Å²) < 4.78 is 17.2. The number of nitrogens with zero attached hydrogens (tertiary/aromatic N) is 5. The molecular weight excluding hydrogens is 574 g/mol. The van der Waals surface area contributed by atoms with Crippen molar-refractivity contribution in [3.8, 4) is 11.4 Å². The number of hydrogen-bond donors (Lipinski definition) is 2. The van der Waals surface area contributed by atoms with Crippen molar-refractivity contribution in [1.29, 1.82) is 0 Å². The van der Waals surface area contributed by atoms with Crippen molar-refractivity contribution in [2.24, 2.45) is 5.92 Å². The zero-order valence-corrected chi connectivity index (χ0v) is 24.9. The number of aromatic nitrogens is 3. The molecule has 6 aliphatic rings. The number of rotatable bonds is 6. The molecule has 232 valence electrons. The Balaban J connectivity index is 0.953. The highest BCUT2D eigenvalue weighted by molar-refractivity contribution is 6.01. The number of ether oxygens (including phenoxy) is 3. The summed E-state index contributed by atoms with van der Waals surface area (Å²) in [5, 5.41) is 5.81. The molecule has 2 aromatic carbocycles. The SMILES string of the molecule is O=C(Nc1ccc(-c2nc(N3C4CCC3COC4)nc(N3[C@@H]4CC[C@H]3COC4)n2)cc1)Nc1ccc2c(c1)C(C1CC1)OC2=O. The van der Waals surface area contributed by atoms with Crippen molar-refractivity contribution in [2.75, 3.05) is 46.9 Å². The lowest BCUT2D eigenvalue weighted by molar-refractivity contribution is 0.0338. The van der Waals surface area contributed by atoms with E-state index in [1.54, 1.807) is 12.1 Å². The van der Waals surface area contributed by atoms with Crippen LogP contribution in [0.5, 0.6) is 0 Å². The fourth-order valence-corrected chi connectivity index (χ4v) is 7.67. The van der Waals surface area contributed by atoms with Gasteiger partial charge in [-0.05, 0) is 81.0 Å². The molecule has 5 fully saturated rings. The normalized spacial score (nSPS) is 28.2. The topological polar surface area (TPSA) is 131 Å². The summed E-state index contributed by atoms with van der Waals surface area (Å²) in [6.45, 7) is 2.76. The third-order valence-electron chi connectivity index (χ3n) is 10.1. The average molecular weight is 610 g/mol. The minimum atomic E-state index is -0.369. The van der Waals surface area contributed by atoms with Gasteiger partial charge in [-0.15, -0.1) is 0 Å². The van der Waals surface area contributed by atoms with E-state index in [4.69, 9.17) is 29.2 Å². The number of morpholine rings is 2. The van der Waals surface area contributed by atoms with Crippen LogP contribution in [0, 0.1) is 5.92 Å². The van der Waals surface area contributed by atoms with E-state index >= 15 is 0 Å². The summed E-state index contributed by atoms with van der Waals surface area (Å²) in [7, 11) is 0. The number of esters is 1. The lowest BCUT2D eigenvalue weighted by Gasteiger charge is -2.37. The van der Waals surface area contributed by atoms with Crippen LogP contribution in [0.3, 0.4) is 0 Å². The number of carbonyl (C=O) groups is 2. The fourth-order valence-electron chi connectivity index (χ4n) is 7.67. The quantitative estimate of drug-likeness (QED) is 0.384. The van der Waals surface area contributed by atoms with Crippen LogP contribution >= 0.6 is 0 Å². The first-order valence-corrected chi connectivity index (χ1v) is 16.1. The average Bonchev–Trinajstić information content (AvgIpc) is 3.74. The highest BCUT2D eigenvalue weighted by Gasteiger charge is 2.43. The van der Waals surface area contributed by atoms with Crippen LogP contribution < -0.4 is 20.4 Å². The molecule has 5 aliphatic heterocycles. The molecule has 3 aromatic rings. The molecule has 1 saturated carbocycles. The van der Waals surface area contributed by atoms with Crippen molar-refractivity contribution < 1.29 is 23.8 Å². The minimum absolute atomic E-state index is 0.210. The molecule has 1 aromatic heterocycles. The first kappa shape index (κ1) is 27.1. The molecule has 1 aliphatic carbocycles. The minimum Gasteiger partial charge on any atom is -0.454 e. The molecular formula is C33H35N7O5. The van der Waals surface area contributed by atoms with Gasteiger partial charge in [-0.3, -0.25) is 0 Å². The van der Waals surface area contributed by atoms with Gasteiger partial charge in [0.1, 0.15) is 6.10 Å². The number of fused-ring (bicyclic) bond motifs is 5. The molecule has 2 N–H and O–H groups in total. The zero-order valence-electron chi connectivity index (χ0n) is 24.9. The van der Waals surface area contributed by atoms with E-state index in [2.05, 4.69) is 20.4 Å². The van der Waals surface area contributed by atoms with Gasteiger partial charge in [-0.25, -0.2) is 9.59 Å². The number of anilines is 4. The molecule has 12 heteroatoms. The Morgan fingerprint density at radius 2 is 1.27 bits per heavy atom. The summed E-state index contributed by atoms with van der Waals surface area (Å²) in [6.07, 6.45) is 6.20. The number of nitrogens with one attached hydrogen (secondary N) is 2. The summed E-state index contributed by atoms with van der Waals surface area (Å²) in [5.41, 5.74) is 3.54. The molecule has 3 unspecified atom stereocenters. The highest BCUT2D eigenvalue weighted by atomic mass is 16.5. The predicted octanol–water partition coefficient (Wildman–Crippen LogP) is 4.54. The fraction of sp³-hybridized carbons (Fsp3) is 0.485. The van der Waals surface area contributed by atoms with Gasteiger partial charge in [0, 0.05) is 28.4 Å². The molecule has 0 spiro atoms. The van der Waals surface area contributed by atoms with Crippen LogP contribution in [0.1, 0.15) is 60.6 Å². The second kappa shape index (κ2) is 10.7. The van der Waals surface area contributed by atoms with Gasteiger partial charge >= 0.3 is 12.0 Å². The van der Waals surface area contributed by atoms with Crippen molar-refractivity contribution in [2.45, 2.75) is 68.8 Å². The standard InChI is InChI=1S/C33H35N7O5/c41-30-26-12-7-21(13-27(26)28(45-30)18-1-2-18)35-33(42)34-20-5-3-19(4-6-20)29-36-31(39-22-8-9-23(39)15-43-14-22)38-32(37-29)40-24-10-11-25(40)17-44-16-24/h3-7,12-13,18,22-25,28H,1-2,8-11,14-17H2,(H2,34,35,42)/t22-,23+,24?,25?,28?. The maximum atomic E-state index is 12.9. The number of cyclic esters (lactones) is 1. The van der Waals surface area contributed by atoms with Crippen LogP contribution in [0.2, 0.25) is 0 Å². The van der Waals surface area contributed by atoms with Crippen LogP contribution in [0.15, 0.2) is 42.5 Å². The van der Waals surface area contributed by atoms with E-state index in [0.717, 1.165) is 49.7 Å².